The Morgan fingerprint density at radius 1 is 1.50 bits per heavy atom. The van der Waals surface area contributed by atoms with Crippen LogP contribution in [0.1, 0.15) is 34.1 Å². The SMILES string of the molecule is CC(CC(=O)NC1CNC1)C(C)(C)C. The predicted octanol–water partition coefficient (Wildman–Crippen LogP) is 1.15. The zero-order valence-corrected chi connectivity index (χ0v) is 9.68. The van der Waals surface area contributed by atoms with Gasteiger partial charge in [-0.15, -0.1) is 0 Å². The summed E-state index contributed by atoms with van der Waals surface area (Å²) in [6.45, 7) is 10.5. The molecule has 1 saturated heterocycles. The molecular formula is C11H22N2O. The van der Waals surface area contributed by atoms with Gasteiger partial charge in [0.05, 0.1) is 6.04 Å². The summed E-state index contributed by atoms with van der Waals surface area (Å²) in [5, 5.41) is 6.15. The molecule has 0 radical (unpaired) electrons. The summed E-state index contributed by atoms with van der Waals surface area (Å²) in [7, 11) is 0. The maximum atomic E-state index is 11.6. The molecule has 3 nitrogen and oxygen atoms in total. The van der Waals surface area contributed by atoms with Crippen LogP contribution in [0.2, 0.25) is 0 Å². The number of hydrogen-bond acceptors (Lipinski definition) is 2. The number of carbonyl (C=O) groups excluding carboxylic acids is 1. The lowest BCUT2D eigenvalue weighted by atomic mass is 9.80. The van der Waals surface area contributed by atoms with Gasteiger partial charge >= 0.3 is 0 Å². The first-order chi connectivity index (χ1) is 6.39. The summed E-state index contributed by atoms with van der Waals surface area (Å²) in [6, 6.07) is 0.370. The molecule has 1 atom stereocenters. The van der Waals surface area contributed by atoms with E-state index >= 15 is 0 Å². The van der Waals surface area contributed by atoms with Crippen LogP contribution in [0.25, 0.3) is 0 Å². The van der Waals surface area contributed by atoms with Crippen LogP contribution in [-0.2, 0) is 4.79 Å². The van der Waals surface area contributed by atoms with Gasteiger partial charge in [0.15, 0.2) is 0 Å². The van der Waals surface area contributed by atoms with Crippen molar-refractivity contribution in [2.24, 2.45) is 11.3 Å². The topological polar surface area (TPSA) is 41.1 Å². The third-order valence-corrected chi connectivity index (χ3v) is 3.12. The van der Waals surface area contributed by atoms with E-state index in [4.69, 9.17) is 0 Å². The molecule has 82 valence electrons. The molecule has 0 aromatic carbocycles. The van der Waals surface area contributed by atoms with Crippen molar-refractivity contribution in [1.29, 1.82) is 0 Å². The van der Waals surface area contributed by atoms with Crippen molar-refractivity contribution in [3.8, 4) is 0 Å². The van der Waals surface area contributed by atoms with Crippen LogP contribution < -0.4 is 10.6 Å². The maximum absolute atomic E-state index is 11.6. The lowest BCUT2D eigenvalue weighted by Gasteiger charge is -2.30. The summed E-state index contributed by atoms with van der Waals surface area (Å²) in [5.41, 5.74) is 0.217. The molecule has 1 unspecified atom stereocenters. The van der Waals surface area contributed by atoms with E-state index in [1.165, 1.54) is 0 Å². The Balaban J connectivity index is 2.25. The standard InChI is InChI=1S/C11H22N2O/c1-8(11(2,3)4)5-10(14)13-9-6-12-7-9/h8-9,12H,5-7H2,1-4H3,(H,13,14). The Morgan fingerprint density at radius 2 is 2.07 bits per heavy atom. The highest BCUT2D eigenvalue weighted by Crippen LogP contribution is 2.27. The van der Waals surface area contributed by atoms with Crippen LogP contribution >= 0.6 is 0 Å². The highest BCUT2D eigenvalue weighted by molar-refractivity contribution is 5.76. The molecule has 0 aliphatic carbocycles. The first-order valence-electron chi connectivity index (χ1n) is 5.39. The highest BCUT2D eigenvalue weighted by atomic mass is 16.1. The average Bonchev–Trinajstić information content (AvgIpc) is 1.95. The number of hydrogen-bond donors (Lipinski definition) is 2. The molecule has 0 spiro atoms. The fourth-order valence-electron chi connectivity index (χ4n) is 1.26. The van der Waals surface area contributed by atoms with Crippen LogP contribution in [-0.4, -0.2) is 25.0 Å². The second kappa shape index (κ2) is 4.30. The molecular weight excluding hydrogens is 176 g/mol. The largest absolute Gasteiger partial charge is 0.351 e. The van der Waals surface area contributed by atoms with Crippen molar-refractivity contribution in [2.75, 3.05) is 13.1 Å². The minimum absolute atomic E-state index is 0.193. The van der Waals surface area contributed by atoms with Gasteiger partial charge in [-0.3, -0.25) is 4.79 Å². The molecule has 0 saturated carbocycles. The number of nitrogens with one attached hydrogen (secondary N) is 2. The fourth-order valence-corrected chi connectivity index (χ4v) is 1.26. The molecule has 3 heteroatoms. The molecule has 1 fully saturated rings. The predicted molar refractivity (Wildman–Crippen MR) is 58.0 cm³/mol. The normalized spacial score (nSPS) is 20.0. The van der Waals surface area contributed by atoms with Crippen molar-refractivity contribution in [3.05, 3.63) is 0 Å². The summed E-state index contributed by atoms with van der Waals surface area (Å²) in [4.78, 5) is 11.6. The molecule has 1 amide bonds. The lowest BCUT2D eigenvalue weighted by molar-refractivity contribution is -0.123. The van der Waals surface area contributed by atoms with Gasteiger partial charge in [0.25, 0.3) is 0 Å². The van der Waals surface area contributed by atoms with Gasteiger partial charge in [0.2, 0.25) is 5.91 Å². The summed E-state index contributed by atoms with van der Waals surface area (Å²) >= 11 is 0. The van der Waals surface area contributed by atoms with Gasteiger partial charge in [-0.2, -0.15) is 0 Å². The third-order valence-electron chi connectivity index (χ3n) is 3.12. The highest BCUT2D eigenvalue weighted by Gasteiger charge is 2.24. The van der Waals surface area contributed by atoms with E-state index < -0.39 is 0 Å². The van der Waals surface area contributed by atoms with E-state index in [-0.39, 0.29) is 11.3 Å². The number of amides is 1. The molecule has 1 aliphatic rings. The van der Waals surface area contributed by atoms with Gasteiger partial charge in [0.1, 0.15) is 0 Å². The second-order valence-corrected chi connectivity index (χ2v) is 5.39. The second-order valence-electron chi connectivity index (χ2n) is 5.39. The van der Waals surface area contributed by atoms with E-state index in [1.807, 2.05) is 0 Å². The van der Waals surface area contributed by atoms with Crippen molar-refractivity contribution in [3.63, 3.8) is 0 Å². The van der Waals surface area contributed by atoms with Crippen LogP contribution in [0.5, 0.6) is 0 Å². The van der Waals surface area contributed by atoms with Gasteiger partial charge in [0, 0.05) is 19.5 Å². The first kappa shape index (κ1) is 11.5. The van der Waals surface area contributed by atoms with Gasteiger partial charge < -0.3 is 10.6 Å². The fraction of sp³-hybridized carbons (Fsp3) is 0.909. The Hall–Kier alpha value is -0.570. The van der Waals surface area contributed by atoms with Crippen LogP contribution in [0, 0.1) is 11.3 Å². The van der Waals surface area contributed by atoms with Crippen molar-refractivity contribution >= 4 is 5.91 Å². The number of carbonyl (C=O) groups is 1. The maximum Gasteiger partial charge on any atom is 0.220 e. The van der Waals surface area contributed by atoms with Crippen LogP contribution in [0.3, 0.4) is 0 Å². The monoisotopic (exact) mass is 198 g/mol. The minimum atomic E-state index is 0.193. The Kier molecular flexibility index (Phi) is 3.53. The van der Waals surface area contributed by atoms with Crippen molar-refractivity contribution < 1.29 is 4.79 Å². The Labute approximate surface area is 86.6 Å². The quantitative estimate of drug-likeness (QED) is 0.714. The van der Waals surface area contributed by atoms with E-state index in [2.05, 4.69) is 38.3 Å². The summed E-state index contributed by atoms with van der Waals surface area (Å²) < 4.78 is 0. The van der Waals surface area contributed by atoms with Crippen LogP contribution in [0.15, 0.2) is 0 Å². The van der Waals surface area contributed by atoms with E-state index in [9.17, 15) is 4.79 Å². The first-order valence-corrected chi connectivity index (χ1v) is 5.39. The summed E-state index contributed by atoms with van der Waals surface area (Å²) in [5.74, 6) is 0.620. The van der Waals surface area contributed by atoms with E-state index in [0.29, 0.717) is 18.4 Å². The van der Waals surface area contributed by atoms with Crippen molar-refractivity contribution in [1.82, 2.24) is 10.6 Å². The molecule has 2 N–H and O–H groups in total. The molecule has 1 rings (SSSR count). The van der Waals surface area contributed by atoms with Crippen molar-refractivity contribution in [2.45, 2.75) is 40.2 Å². The zero-order valence-electron chi connectivity index (χ0n) is 9.68. The molecule has 0 bridgehead atoms. The molecule has 1 aliphatic heterocycles. The van der Waals surface area contributed by atoms with E-state index in [1.54, 1.807) is 0 Å². The molecule has 1 heterocycles. The Morgan fingerprint density at radius 3 is 2.43 bits per heavy atom. The Bertz CT molecular complexity index is 204. The van der Waals surface area contributed by atoms with E-state index in [0.717, 1.165) is 13.1 Å². The van der Waals surface area contributed by atoms with Gasteiger partial charge in [-0.05, 0) is 11.3 Å². The zero-order chi connectivity index (χ0) is 10.8. The number of rotatable bonds is 3. The summed E-state index contributed by atoms with van der Waals surface area (Å²) in [6.07, 6.45) is 0.639. The lowest BCUT2D eigenvalue weighted by Crippen LogP contribution is -2.57. The van der Waals surface area contributed by atoms with Gasteiger partial charge in [-0.25, -0.2) is 0 Å². The van der Waals surface area contributed by atoms with Crippen LogP contribution in [0.4, 0.5) is 0 Å². The molecule has 0 aromatic heterocycles. The molecule has 14 heavy (non-hydrogen) atoms. The average molecular weight is 198 g/mol. The van der Waals surface area contributed by atoms with Gasteiger partial charge in [-0.1, -0.05) is 27.7 Å². The minimum Gasteiger partial charge on any atom is -0.351 e. The molecule has 0 aromatic rings. The smallest absolute Gasteiger partial charge is 0.220 e. The third kappa shape index (κ3) is 3.29.